The van der Waals surface area contributed by atoms with Crippen molar-refractivity contribution >= 4 is 105 Å². The van der Waals surface area contributed by atoms with Crippen LogP contribution in [0.4, 0.5) is 0 Å². The molecule has 0 aliphatic heterocycles. The number of hydrogen-bond donors (Lipinski definition) is 0. The maximum absolute atomic E-state index is 4.81. The number of halogens is 3. The molecule has 0 saturated carbocycles. The van der Waals surface area contributed by atoms with Crippen molar-refractivity contribution in [1.29, 1.82) is 0 Å². The second kappa shape index (κ2) is 48.7. The molecule has 11 heteroatoms. The van der Waals surface area contributed by atoms with Gasteiger partial charge in [-0.2, -0.15) is 0 Å². The van der Waals surface area contributed by atoms with E-state index in [1.807, 2.05) is 42.9 Å². The van der Waals surface area contributed by atoms with Gasteiger partial charge in [0.05, 0.1) is 5.69 Å². The first-order valence-electron chi connectivity index (χ1n) is 37.2. The molecule has 0 fully saturated rings. The van der Waals surface area contributed by atoms with E-state index in [-0.39, 0.29) is 36.0 Å². The van der Waals surface area contributed by atoms with Crippen molar-refractivity contribution < 1.29 is 36.0 Å². The summed E-state index contributed by atoms with van der Waals surface area (Å²) in [5.74, 6) is 0. The zero-order valence-corrected chi connectivity index (χ0v) is 72.4. The molecule has 3 aliphatic rings. The van der Waals surface area contributed by atoms with Crippen LogP contribution in [0.2, 0.25) is 13.3 Å². The van der Waals surface area contributed by atoms with Gasteiger partial charge in [-0.3, -0.25) is 4.98 Å². The number of pyridine rings is 3. The molecule has 0 saturated heterocycles. The normalized spacial score (nSPS) is 12.4. The molecule has 0 amide bonds. The van der Waals surface area contributed by atoms with Crippen LogP contribution < -0.4 is 35.5 Å². The fourth-order valence-corrected chi connectivity index (χ4v) is 34.7. The Hall–Kier alpha value is -5.54. The zero-order chi connectivity index (χ0) is 71.8. The molecule has 104 heavy (non-hydrogen) atoms. The van der Waals surface area contributed by atoms with Gasteiger partial charge in [0.15, 0.2) is 0 Å². The largest absolute Gasteiger partial charge is 0.305 e. The average molecular weight is 1890 g/mol. The molecular weight excluding hydrogens is 1790 g/mol. The summed E-state index contributed by atoms with van der Waals surface area (Å²) in [5.41, 5.74) is 13.8. The van der Waals surface area contributed by atoms with E-state index in [1.54, 1.807) is 14.8 Å². The first kappa shape index (κ1) is 84.1. The Kier molecular flexibility index (Phi) is 39.4. The molecule has 9 aromatic carbocycles. The smallest absolute Gasteiger partial charge is 0.0704 e. The molecule has 12 aromatic rings. The van der Waals surface area contributed by atoms with Crippen LogP contribution in [-0.2, 0) is 74.6 Å². The van der Waals surface area contributed by atoms with Gasteiger partial charge in [-0.15, -0.1) is 34.9 Å². The minimum atomic E-state index is -2.21. The van der Waals surface area contributed by atoms with E-state index in [9.17, 15) is 0 Å². The Balaban J connectivity index is 0.000000157. The number of fused-ring (bicyclic) bond motifs is 3. The van der Waals surface area contributed by atoms with Gasteiger partial charge in [-0.05, 0) is 158 Å². The predicted molar refractivity (Wildman–Crippen MR) is 453 cm³/mol. The number of benzene rings is 9. The van der Waals surface area contributed by atoms with Crippen LogP contribution in [0.3, 0.4) is 0 Å². The Morgan fingerprint density at radius 1 is 0.365 bits per heavy atom. The van der Waals surface area contributed by atoms with Gasteiger partial charge in [-0.1, -0.05) is 266 Å². The SMILES string of the molecule is Brc1cccc2c1CCCC2.CCC[CH2][Sn]([CH2]CCC)([CH2]CCC)[c]1ccccn1.[Cl][Pd][Cl].[Ir].[c-]1ccc2c(c1-c1ccccn1)CCCC2.c1ccc(-c2cccc3c2CCCC3)nc1.c1ccc(P(c2ccccc2)c2ccccc2)cc1.c1ccc(P(c2ccccc2)c2ccccc2)cc1. The summed E-state index contributed by atoms with van der Waals surface area (Å²) < 4.78 is 7.40. The molecule has 3 aromatic heterocycles. The van der Waals surface area contributed by atoms with Crippen LogP contribution in [0.15, 0.2) is 308 Å². The van der Waals surface area contributed by atoms with Crippen LogP contribution in [0.5, 0.6) is 0 Å². The van der Waals surface area contributed by atoms with Gasteiger partial charge in [0.1, 0.15) is 0 Å². The Morgan fingerprint density at radius 3 is 1.08 bits per heavy atom. The molecule has 1 radical (unpaired) electrons. The van der Waals surface area contributed by atoms with Gasteiger partial charge in [-0.25, -0.2) is 0 Å². The predicted octanol–water partition coefficient (Wildman–Crippen LogP) is 23.8. The molecule has 0 atom stereocenters. The van der Waals surface area contributed by atoms with Crippen LogP contribution in [0.1, 0.15) is 131 Å². The second-order valence-corrected chi connectivity index (χ2v) is 47.0. The van der Waals surface area contributed by atoms with Gasteiger partial charge in [0.25, 0.3) is 0 Å². The van der Waals surface area contributed by atoms with E-state index >= 15 is 0 Å². The molecule has 3 heterocycles. The molecule has 0 unspecified atom stereocenters. The van der Waals surface area contributed by atoms with Crippen molar-refractivity contribution in [2.45, 2.75) is 150 Å². The minimum absolute atomic E-state index is 0. The van der Waals surface area contributed by atoms with Gasteiger partial charge in [0.2, 0.25) is 0 Å². The summed E-state index contributed by atoms with van der Waals surface area (Å²) in [6, 6.07) is 104. The maximum atomic E-state index is 4.81. The van der Waals surface area contributed by atoms with E-state index in [4.69, 9.17) is 24.0 Å². The first-order valence-corrected chi connectivity index (χ1v) is 52.2. The fraction of sp³-hybridized carbons (Fsp3) is 0.258. The second-order valence-electron chi connectivity index (χ2n) is 26.3. The molecule has 0 bridgehead atoms. The zero-order valence-electron chi connectivity index (χ0n) is 60.7. The summed E-state index contributed by atoms with van der Waals surface area (Å²) in [6.07, 6.45) is 29.4. The topological polar surface area (TPSA) is 38.7 Å². The number of rotatable bonds is 18. The van der Waals surface area contributed by atoms with E-state index in [0.717, 1.165) is 11.4 Å². The maximum Gasteiger partial charge on any atom is 0.0704 e. The van der Waals surface area contributed by atoms with Gasteiger partial charge in [0, 0.05) is 42.5 Å². The molecule has 3 nitrogen and oxygen atoms in total. The number of nitrogens with zero attached hydrogens (tertiary/aromatic N) is 3. The molecule has 0 N–H and O–H groups in total. The van der Waals surface area contributed by atoms with E-state index in [0.29, 0.717) is 0 Å². The van der Waals surface area contributed by atoms with Gasteiger partial charge < -0.3 is 4.98 Å². The van der Waals surface area contributed by atoms with Crippen molar-refractivity contribution in [2.75, 3.05) is 0 Å². The number of unbranched alkanes of at least 4 members (excludes halogenated alkanes) is 3. The van der Waals surface area contributed by atoms with Crippen LogP contribution in [0, 0.1) is 6.07 Å². The molecular formula is C93H101BrCl2IrN3P2PdSn-. The quantitative estimate of drug-likeness (QED) is 0.0488. The van der Waals surface area contributed by atoms with Crippen LogP contribution >= 0.6 is 50.8 Å². The molecule has 3 aliphatic carbocycles. The van der Waals surface area contributed by atoms with Crippen molar-refractivity contribution in [3.63, 3.8) is 0 Å². The fourth-order valence-electron chi connectivity index (χ4n) is 14.1. The third kappa shape index (κ3) is 26.4. The Morgan fingerprint density at radius 2 is 0.702 bits per heavy atom. The molecule has 15 rings (SSSR count). The minimum Gasteiger partial charge on any atom is -0.305 e. The Labute approximate surface area is 668 Å². The van der Waals surface area contributed by atoms with Crippen molar-refractivity contribution in [3.8, 4) is 22.5 Å². The summed E-state index contributed by atoms with van der Waals surface area (Å²) >= 11 is 1.27. The van der Waals surface area contributed by atoms with Crippen molar-refractivity contribution in [3.05, 3.63) is 348 Å². The summed E-state index contributed by atoms with van der Waals surface area (Å²) in [5, 5.41) is 8.39. The average Bonchev–Trinajstić information content (AvgIpc) is 0.846. The molecule has 543 valence electrons. The van der Waals surface area contributed by atoms with Gasteiger partial charge >= 0.3 is 159 Å². The van der Waals surface area contributed by atoms with Crippen molar-refractivity contribution in [2.24, 2.45) is 0 Å². The summed E-state index contributed by atoms with van der Waals surface area (Å²) in [6.45, 7) is 6.98. The van der Waals surface area contributed by atoms with E-state index in [1.165, 1.54) is 199 Å². The standard InChI is InChI=1S/2C18H15P.C15H15N.C15H14N.C10H11Br.C5H4N.3C4H9.2ClH.Ir.Pd.Sn/c2*1-4-10-16(11-5-1)19(17-12-6-2-7-13-17)18-14-8-3-9-15-18;2*1-2-8-13-12(6-1)7-5-9-14(13)15-10-3-4-11-16-15;11-10-7-3-5-8-4-1-2-6-9(8)10;1-2-4-6-5-3-1;3*1-3-4-2;;;;;/h2*1-15H;3-5,7,9-11H,1-2,6,8H2;3-5,7,10-11H,1-2,6,8H2;3,5,7H,1-2,4,6H2;1-4H;3*1,3-4H2,2H3;2*1H;;;/q;;;-1;;;;;;;;;+2;/p-2. The number of aryl methyl sites for hydroxylation is 3. The summed E-state index contributed by atoms with van der Waals surface area (Å²) in [7, 11) is 8.74. The monoisotopic (exact) mass is 1890 g/mol. The number of hydrogen-bond acceptors (Lipinski definition) is 3. The summed E-state index contributed by atoms with van der Waals surface area (Å²) in [4.78, 5) is 13.7. The van der Waals surface area contributed by atoms with Crippen LogP contribution in [0.25, 0.3) is 22.5 Å². The molecule has 0 spiro atoms. The third-order valence-electron chi connectivity index (χ3n) is 19.2. The van der Waals surface area contributed by atoms with E-state index in [2.05, 4.69) is 314 Å². The Bertz CT molecular complexity index is 3840. The number of aromatic nitrogens is 3. The third-order valence-corrected chi connectivity index (χ3v) is 40.0. The van der Waals surface area contributed by atoms with Crippen LogP contribution in [-0.4, -0.2) is 33.3 Å². The first-order chi connectivity index (χ1) is 50.9. The van der Waals surface area contributed by atoms with E-state index < -0.39 is 34.2 Å². The van der Waals surface area contributed by atoms with Crippen molar-refractivity contribution in [1.82, 2.24) is 15.0 Å².